The highest BCUT2D eigenvalue weighted by molar-refractivity contribution is 7.17. The minimum absolute atomic E-state index is 0.0547. The lowest BCUT2D eigenvalue weighted by Crippen LogP contribution is -2.46. The number of furan rings is 1. The molecule has 6 heteroatoms. The van der Waals surface area contributed by atoms with E-state index < -0.39 is 0 Å². The second-order valence-electron chi connectivity index (χ2n) is 6.42. The number of nitrogens with zero attached hydrogens (tertiary/aromatic N) is 2. The van der Waals surface area contributed by atoms with E-state index in [0.717, 1.165) is 42.2 Å². The Morgan fingerprint density at radius 3 is 2.85 bits per heavy atom. The Morgan fingerprint density at radius 1 is 1.27 bits per heavy atom. The molecule has 3 aromatic rings. The number of thiazole rings is 1. The summed E-state index contributed by atoms with van der Waals surface area (Å²) in [5.41, 5.74) is 1.69. The minimum atomic E-state index is 0.0547. The number of likely N-dealkylation sites (N-methyl/N-ethyl adjacent to an activating group) is 1. The summed E-state index contributed by atoms with van der Waals surface area (Å²) in [4.78, 5) is 20.6. The Labute approximate surface area is 156 Å². The highest BCUT2D eigenvalue weighted by Crippen LogP contribution is 2.35. The summed E-state index contributed by atoms with van der Waals surface area (Å²) in [5.74, 6) is 0.747. The number of likely N-dealkylation sites (tertiary alicyclic amines) is 1. The molecule has 1 aliphatic rings. The van der Waals surface area contributed by atoms with Crippen LogP contribution in [-0.4, -0.2) is 42.0 Å². The third-order valence-corrected chi connectivity index (χ3v) is 5.78. The molecule has 1 fully saturated rings. The molecule has 3 heterocycles. The first-order valence-electron chi connectivity index (χ1n) is 8.83. The summed E-state index contributed by atoms with van der Waals surface area (Å²) in [6.07, 6.45) is 3.75. The van der Waals surface area contributed by atoms with E-state index in [-0.39, 0.29) is 5.91 Å². The summed E-state index contributed by atoms with van der Waals surface area (Å²) in [7, 11) is 1.95. The number of amides is 1. The van der Waals surface area contributed by atoms with Crippen LogP contribution >= 0.6 is 11.3 Å². The van der Waals surface area contributed by atoms with Crippen molar-refractivity contribution in [2.45, 2.75) is 18.9 Å². The number of nitrogens with one attached hydrogen (secondary N) is 1. The Hall–Kier alpha value is -2.44. The second-order valence-corrected chi connectivity index (χ2v) is 7.42. The number of piperidine rings is 1. The average Bonchev–Trinajstić information content (AvgIpc) is 3.38. The zero-order valence-electron chi connectivity index (χ0n) is 14.6. The summed E-state index contributed by atoms with van der Waals surface area (Å²) in [5, 5.41) is 4.03. The molecule has 4 rings (SSSR count). The van der Waals surface area contributed by atoms with E-state index in [4.69, 9.17) is 9.40 Å². The molecule has 5 nitrogen and oxygen atoms in total. The third kappa shape index (κ3) is 3.30. The van der Waals surface area contributed by atoms with Crippen LogP contribution < -0.4 is 5.32 Å². The molecule has 1 aliphatic heterocycles. The molecule has 0 radical (unpaired) electrons. The lowest BCUT2D eigenvalue weighted by Gasteiger charge is -2.32. The minimum Gasteiger partial charge on any atom is -0.462 e. The molecular formula is C20H21N3O2S. The second kappa shape index (κ2) is 7.43. The molecule has 1 N–H and O–H groups in total. The van der Waals surface area contributed by atoms with Crippen LogP contribution in [0.1, 0.15) is 22.5 Å². The van der Waals surface area contributed by atoms with Gasteiger partial charge in [0.05, 0.1) is 12.0 Å². The Morgan fingerprint density at radius 2 is 2.12 bits per heavy atom. The summed E-state index contributed by atoms with van der Waals surface area (Å²) in [6, 6.07) is 13.9. The Kier molecular flexibility index (Phi) is 4.86. The third-order valence-electron chi connectivity index (χ3n) is 4.72. The van der Waals surface area contributed by atoms with Crippen LogP contribution in [-0.2, 0) is 0 Å². The van der Waals surface area contributed by atoms with Gasteiger partial charge in [0, 0.05) is 24.7 Å². The molecule has 0 bridgehead atoms. The lowest BCUT2D eigenvalue weighted by molar-refractivity contribution is 0.0703. The topological polar surface area (TPSA) is 58.4 Å². The van der Waals surface area contributed by atoms with Crippen molar-refractivity contribution in [3.8, 4) is 22.0 Å². The van der Waals surface area contributed by atoms with Gasteiger partial charge in [-0.25, -0.2) is 4.98 Å². The number of carbonyl (C=O) groups is 1. The molecule has 1 atom stereocenters. The van der Waals surface area contributed by atoms with Gasteiger partial charge >= 0.3 is 0 Å². The van der Waals surface area contributed by atoms with Crippen molar-refractivity contribution in [2.75, 3.05) is 20.1 Å². The van der Waals surface area contributed by atoms with Gasteiger partial charge in [0.25, 0.3) is 5.91 Å². The van der Waals surface area contributed by atoms with E-state index in [1.54, 1.807) is 6.26 Å². The first-order chi connectivity index (χ1) is 12.8. The molecule has 1 saturated heterocycles. The zero-order chi connectivity index (χ0) is 17.9. The van der Waals surface area contributed by atoms with Gasteiger partial charge in [0.15, 0.2) is 10.8 Å². The van der Waals surface area contributed by atoms with E-state index in [2.05, 4.69) is 5.32 Å². The smallest absolute Gasteiger partial charge is 0.266 e. The van der Waals surface area contributed by atoms with Crippen LogP contribution in [0.4, 0.5) is 0 Å². The van der Waals surface area contributed by atoms with Crippen molar-refractivity contribution in [3.63, 3.8) is 0 Å². The van der Waals surface area contributed by atoms with Gasteiger partial charge in [0.1, 0.15) is 4.88 Å². The molecule has 1 unspecified atom stereocenters. The van der Waals surface area contributed by atoms with Crippen LogP contribution in [0, 0.1) is 0 Å². The number of hydrogen-bond donors (Lipinski definition) is 1. The van der Waals surface area contributed by atoms with Crippen molar-refractivity contribution in [1.29, 1.82) is 0 Å². The maximum absolute atomic E-state index is 13.3. The van der Waals surface area contributed by atoms with Gasteiger partial charge in [-0.15, -0.1) is 11.3 Å². The largest absolute Gasteiger partial charge is 0.462 e. The molecule has 0 spiro atoms. The number of aromatic nitrogens is 1. The predicted molar refractivity (Wildman–Crippen MR) is 103 cm³/mol. The summed E-state index contributed by atoms with van der Waals surface area (Å²) >= 11 is 1.41. The fourth-order valence-electron chi connectivity index (χ4n) is 3.30. The monoisotopic (exact) mass is 367 g/mol. The van der Waals surface area contributed by atoms with Crippen molar-refractivity contribution in [3.05, 3.63) is 53.6 Å². The first-order valence-corrected chi connectivity index (χ1v) is 9.64. The van der Waals surface area contributed by atoms with E-state index in [1.807, 2.05) is 54.4 Å². The Bertz CT molecular complexity index is 874. The van der Waals surface area contributed by atoms with Gasteiger partial charge in [0.2, 0.25) is 0 Å². The fourth-order valence-corrected chi connectivity index (χ4v) is 4.33. The molecule has 0 aliphatic carbocycles. The predicted octanol–water partition coefficient (Wildman–Crippen LogP) is 3.89. The van der Waals surface area contributed by atoms with Crippen molar-refractivity contribution in [2.24, 2.45) is 0 Å². The van der Waals surface area contributed by atoms with E-state index in [0.29, 0.717) is 16.7 Å². The van der Waals surface area contributed by atoms with Gasteiger partial charge in [-0.05, 0) is 32.0 Å². The van der Waals surface area contributed by atoms with Crippen LogP contribution in [0.2, 0.25) is 0 Å². The summed E-state index contributed by atoms with van der Waals surface area (Å²) < 4.78 is 5.50. The van der Waals surface area contributed by atoms with E-state index in [1.165, 1.54) is 11.3 Å². The van der Waals surface area contributed by atoms with Crippen molar-refractivity contribution in [1.82, 2.24) is 15.2 Å². The number of carbonyl (C=O) groups excluding carboxylic acids is 1. The standard InChI is InChI=1S/C20H21N3O2S/c1-21-15-9-5-11-23(13-15)20(24)18-17(14-7-3-2-4-8-14)22-19(26-18)16-10-6-12-25-16/h2-4,6-8,10,12,15,21H,5,9,11,13H2,1H3. The van der Waals surface area contributed by atoms with Gasteiger partial charge in [-0.2, -0.15) is 0 Å². The van der Waals surface area contributed by atoms with Crippen LogP contribution in [0.3, 0.4) is 0 Å². The molecule has 1 amide bonds. The molecule has 1 aromatic carbocycles. The van der Waals surface area contributed by atoms with Gasteiger partial charge in [-0.3, -0.25) is 4.79 Å². The lowest BCUT2D eigenvalue weighted by atomic mass is 10.1. The van der Waals surface area contributed by atoms with Crippen LogP contribution in [0.15, 0.2) is 53.1 Å². The Balaban J connectivity index is 1.73. The maximum Gasteiger partial charge on any atom is 0.266 e. The highest BCUT2D eigenvalue weighted by Gasteiger charge is 2.28. The zero-order valence-corrected chi connectivity index (χ0v) is 15.5. The maximum atomic E-state index is 13.3. The molecule has 26 heavy (non-hydrogen) atoms. The molecule has 0 saturated carbocycles. The highest BCUT2D eigenvalue weighted by atomic mass is 32.1. The van der Waals surface area contributed by atoms with Gasteiger partial charge < -0.3 is 14.6 Å². The fraction of sp³-hybridized carbons (Fsp3) is 0.300. The number of rotatable bonds is 4. The molecule has 134 valence electrons. The van der Waals surface area contributed by atoms with Gasteiger partial charge in [-0.1, -0.05) is 30.3 Å². The normalized spacial score (nSPS) is 17.4. The number of benzene rings is 1. The SMILES string of the molecule is CNC1CCCN(C(=O)c2sc(-c3ccco3)nc2-c2ccccc2)C1. The molecular weight excluding hydrogens is 346 g/mol. The van der Waals surface area contributed by atoms with Crippen LogP contribution in [0.25, 0.3) is 22.0 Å². The van der Waals surface area contributed by atoms with Crippen molar-refractivity contribution < 1.29 is 9.21 Å². The van der Waals surface area contributed by atoms with E-state index >= 15 is 0 Å². The van der Waals surface area contributed by atoms with E-state index in [9.17, 15) is 4.79 Å². The average molecular weight is 367 g/mol. The summed E-state index contributed by atoms with van der Waals surface area (Å²) in [6.45, 7) is 1.52. The quantitative estimate of drug-likeness (QED) is 0.760. The number of hydrogen-bond acceptors (Lipinski definition) is 5. The van der Waals surface area contributed by atoms with Crippen molar-refractivity contribution >= 4 is 17.2 Å². The molecule has 2 aromatic heterocycles. The first kappa shape index (κ1) is 17.0. The van der Waals surface area contributed by atoms with Crippen LogP contribution in [0.5, 0.6) is 0 Å².